The first-order chi connectivity index (χ1) is 17.3. The molecule has 0 radical (unpaired) electrons. The SMILES string of the molecule is CCCCCC[C@H]1CC[C@H](c2ccc(-c3ncc([C@H]4CC[C@H](CCCCC)CC4)cn3)cc2)CC1. The smallest absolute Gasteiger partial charge is 0.159 e. The fourth-order valence-electron chi connectivity index (χ4n) is 6.71. The van der Waals surface area contributed by atoms with Gasteiger partial charge in [0, 0.05) is 18.0 Å². The molecule has 2 fully saturated rings. The van der Waals surface area contributed by atoms with Crippen LogP contribution in [0.25, 0.3) is 11.4 Å². The zero-order chi connectivity index (χ0) is 24.3. The Morgan fingerprint density at radius 2 is 1.06 bits per heavy atom. The molecule has 1 aromatic heterocycles. The maximum atomic E-state index is 4.79. The predicted molar refractivity (Wildman–Crippen MR) is 150 cm³/mol. The van der Waals surface area contributed by atoms with Crippen LogP contribution in [0, 0.1) is 11.8 Å². The second kappa shape index (κ2) is 14.1. The van der Waals surface area contributed by atoms with Gasteiger partial charge in [-0.15, -0.1) is 0 Å². The van der Waals surface area contributed by atoms with Crippen molar-refractivity contribution in [3.63, 3.8) is 0 Å². The lowest BCUT2D eigenvalue weighted by Gasteiger charge is -2.29. The van der Waals surface area contributed by atoms with Crippen molar-refractivity contribution in [3.05, 3.63) is 47.8 Å². The summed E-state index contributed by atoms with van der Waals surface area (Å²) in [6.07, 6.45) is 27.9. The van der Waals surface area contributed by atoms with Crippen molar-refractivity contribution in [1.29, 1.82) is 0 Å². The lowest BCUT2D eigenvalue weighted by molar-refractivity contribution is 0.302. The van der Waals surface area contributed by atoms with Gasteiger partial charge in [-0.05, 0) is 86.2 Å². The molecule has 0 unspecified atom stereocenters. The van der Waals surface area contributed by atoms with Crippen LogP contribution in [0.2, 0.25) is 0 Å². The van der Waals surface area contributed by atoms with Crippen molar-refractivity contribution in [2.45, 2.75) is 135 Å². The molecule has 0 spiro atoms. The molecule has 4 rings (SSSR count). The zero-order valence-corrected chi connectivity index (χ0v) is 22.7. The summed E-state index contributed by atoms with van der Waals surface area (Å²) in [4.78, 5) is 9.57. The number of nitrogens with zero attached hydrogens (tertiary/aromatic N) is 2. The highest BCUT2D eigenvalue weighted by Crippen LogP contribution is 2.39. The maximum absolute atomic E-state index is 4.79. The normalized spacial score (nSPS) is 25.0. The van der Waals surface area contributed by atoms with E-state index in [0.717, 1.165) is 29.1 Å². The summed E-state index contributed by atoms with van der Waals surface area (Å²) in [6.45, 7) is 4.61. The van der Waals surface area contributed by atoms with Crippen molar-refractivity contribution < 1.29 is 0 Å². The van der Waals surface area contributed by atoms with Gasteiger partial charge in [0.2, 0.25) is 0 Å². The molecule has 0 bridgehead atoms. The Labute approximate surface area is 215 Å². The average Bonchev–Trinajstić information content (AvgIpc) is 2.92. The minimum Gasteiger partial charge on any atom is -0.236 e. The van der Waals surface area contributed by atoms with Crippen LogP contribution < -0.4 is 0 Å². The second-order valence-corrected chi connectivity index (χ2v) is 11.7. The largest absolute Gasteiger partial charge is 0.236 e. The van der Waals surface area contributed by atoms with Gasteiger partial charge in [0.25, 0.3) is 0 Å². The van der Waals surface area contributed by atoms with Crippen LogP contribution in [0.3, 0.4) is 0 Å². The number of benzene rings is 1. The molecule has 2 aromatic rings. The maximum Gasteiger partial charge on any atom is 0.159 e. The van der Waals surface area contributed by atoms with Crippen molar-refractivity contribution >= 4 is 0 Å². The Bertz CT molecular complexity index is 824. The van der Waals surface area contributed by atoms with Gasteiger partial charge in [0.1, 0.15) is 0 Å². The van der Waals surface area contributed by atoms with Gasteiger partial charge < -0.3 is 0 Å². The molecule has 35 heavy (non-hydrogen) atoms. The highest BCUT2D eigenvalue weighted by Gasteiger charge is 2.24. The number of unbranched alkanes of at least 4 members (excludes halogenated alkanes) is 5. The van der Waals surface area contributed by atoms with Crippen LogP contribution in [0.5, 0.6) is 0 Å². The highest BCUT2D eigenvalue weighted by molar-refractivity contribution is 5.55. The standard InChI is InChI=1S/C33H50N2/c1-3-5-7-9-11-27-12-16-28(17-13-27)29-20-22-31(23-21-29)33-34-24-32(25-35-33)30-18-14-26(15-19-30)10-8-6-4-2/h20-28,30H,3-19H2,1-2H3/t26-,27-,28-,30-. The third kappa shape index (κ3) is 7.89. The quantitative estimate of drug-likeness (QED) is 0.286. The van der Waals surface area contributed by atoms with Gasteiger partial charge in [-0.25, -0.2) is 9.97 Å². The van der Waals surface area contributed by atoms with Gasteiger partial charge in [-0.3, -0.25) is 0 Å². The minimum absolute atomic E-state index is 0.663. The van der Waals surface area contributed by atoms with E-state index in [0.29, 0.717) is 5.92 Å². The van der Waals surface area contributed by atoms with Gasteiger partial charge in [-0.2, -0.15) is 0 Å². The third-order valence-electron chi connectivity index (χ3n) is 9.16. The van der Waals surface area contributed by atoms with Crippen LogP contribution in [-0.2, 0) is 0 Å². The Morgan fingerprint density at radius 1 is 0.571 bits per heavy atom. The van der Waals surface area contributed by atoms with Crippen molar-refractivity contribution in [1.82, 2.24) is 9.97 Å². The molecule has 2 aliphatic carbocycles. The number of rotatable bonds is 12. The van der Waals surface area contributed by atoms with Gasteiger partial charge in [-0.1, -0.05) is 95.9 Å². The molecular formula is C33H50N2. The van der Waals surface area contributed by atoms with Crippen molar-refractivity contribution in [3.8, 4) is 11.4 Å². The molecular weight excluding hydrogens is 424 g/mol. The molecule has 192 valence electrons. The molecule has 1 heterocycles. The van der Waals surface area contributed by atoms with Crippen molar-refractivity contribution in [2.24, 2.45) is 11.8 Å². The molecule has 2 heteroatoms. The Morgan fingerprint density at radius 3 is 1.60 bits per heavy atom. The van der Waals surface area contributed by atoms with Gasteiger partial charge in [0.15, 0.2) is 5.82 Å². The first-order valence-corrected chi connectivity index (χ1v) is 15.2. The molecule has 0 aliphatic heterocycles. The summed E-state index contributed by atoms with van der Waals surface area (Å²) >= 11 is 0. The number of aromatic nitrogens is 2. The van der Waals surface area contributed by atoms with E-state index in [4.69, 9.17) is 9.97 Å². The van der Waals surface area contributed by atoms with E-state index in [1.165, 1.54) is 120 Å². The molecule has 0 N–H and O–H groups in total. The first-order valence-electron chi connectivity index (χ1n) is 15.2. The van der Waals surface area contributed by atoms with E-state index in [1.807, 2.05) is 0 Å². The van der Waals surface area contributed by atoms with Crippen LogP contribution >= 0.6 is 0 Å². The fourth-order valence-corrected chi connectivity index (χ4v) is 6.71. The topological polar surface area (TPSA) is 25.8 Å². The van der Waals surface area contributed by atoms with Crippen LogP contribution in [0.1, 0.15) is 146 Å². The molecule has 2 aliphatic rings. The van der Waals surface area contributed by atoms with Gasteiger partial charge in [0.05, 0.1) is 0 Å². The third-order valence-corrected chi connectivity index (χ3v) is 9.16. The summed E-state index contributed by atoms with van der Waals surface area (Å²) in [7, 11) is 0. The Kier molecular flexibility index (Phi) is 10.7. The van der Waals surface area contributed by atoms with E-state index in [-0.39, 0.29) is 0 Å². The predicted octanol–water partition coefficient (Wildman–Crippen LogP) is 10.2. The molecule has 0 amide bonds. The van der Waals surface area contributed by atoms with Gasteiger partial charge >= 0.3 is 0 Å². The summed E-state index contributed by atoms with van der Waals surface area (Å²) in [5, 5.41) is 0. The van der Waals surface area contributed by atoms with E-state index in [9.17, 15) is 0 Å². The zero-order valence-electron chi connectivity index (χ0n) is 22.7. The van der Waals surface area contributed by atoms with Crippen LogP contribution in [-0.4, -0.2) is 9.97 Å². The lowest BCUT2D eigenvalue weighted by atomic mass is 9.77. The van der Waals surface area contributed by atoms with E-state index >= 15 is 0 Å². The number of hydrogen-bond acceptors (Lipinski definition) is 2. The van der Waals surface area contributed by atoms with E-state index < -0.39 is 0 Å². The molecule has 2 nitrogen and oxygen atoms in total. The molecule has 1 aromatic carbocycles. The van der Waals surface area contributed by atoms with Crippen LogP contribution in [0.4, 0.5) is 0 Å². The van der Waals surface area contributed by atoms with E-state index in [2.05, 4.69) is 50.5 Å². The van der Waals surface area contributed by atoms with E-state index in [1.54, 1.807) is 0 Å². The molecule has 0 saturated heterocycles. The van der Waals surface area contributed by atoms with Crippen molar-refractivity contribution in [2.75, 3.05) is 0 Å². The summed E-state index contributed by atoms with van der Waals surface area (Å²) in [6, 6.07) is 9.20. The second-order valence-electron chi connectivity index (χ2n) is 11.7. The summed E-state index contributed by atoms with van der Waals surface area (Å²) in [5.74, 6) is 4.22. The minimum atomic E-state index is 0.663. The number of hydrogen-bond donors (Lipinski definition) is 0. The van der Waals surface area contributed by atoms with Crippen LogP contribution in [0.15, 0.2) is 36.7 Å². The Balaban J connectivity index is 1.23. The Hall–Kier alpha value is -1.70. The summed E-state index contributed by atoms with van der Waals surface area (Å²) < 4.78 is 0. The molecule has 2 saturated carbocycles. The fraction of sp³-hybridized carbons (Fsp3) is 0.697. The average molecular weight is 475 g/mol. The summed E-state index contributed by atoms with van der Waals surface area (Å²) in [5.41, 5.74) is 4.03. The molecule has 0 atom stereocenters. The first kappa shape index (κ1) is 26.4. The lowest BCUT2D eigenvalue weighted by Crippen LogP contribution is -2.14. The highest BCUT2D eigenvalue weighted by atomic mass is 14.9. The monoisotopic (exact) mass is 474 g/mol.